The van der Waals surface area contributed by atoms with Crippen LogP contribution in [0.15, 0.2) is 0 Å². The van der Waals surface area contributed by atoms with Crippen molar-refractivity contribution in [2.45, 2.75) is 58.3 Å². The number of amides is 2. The van der Waals surface area contributed by atoms with Crippen LogP contribution in [0.5, 0.6) is 0 Å². The highest BCUT2D eigenvalue weighted by atomic mass is 32.1. The second-order valence-corrected chi connectivity index (χ2v) is 8.17. The number of carbonyl (C=O) groups excluding carboxylic acids is 2. The van der Waals surface area contributed by atoms with Crippen LogP contribution in [-0.4, -0.2) is 45.9 Å². The van der Waals surface area contributed by atoms with Crippen LogP contribution in [0.3, 0.4) is 0 Å². The highest BCUT2D eigenvalue weighted by Gasteiger charge is 2.26. The Bertz CT molecular complexity index is 590. The van der Waals surface area contributed by atoms with E-state index in [4.69, 9.17) is 0 Å². The van der Waals surface area contributed by atoms with Gasteiger partial charge in [-0.25, -0.2) is 0 Å². The van der Waals surface area contributed by atoms with Crippen LogP contribution in [0.4, 0.5) is 0 Å². The van der Waals surface area contributed by atoms with E-state index in [1.807, 2.05) is 11.8 Å². The molecular formula is C18H28N4O2S. The minimum absolute atomic E-state index is 0.0477. The number of carbonyl (C=O) groups is 2. The molecule has 3 rings (SSSR count). The first-order chi connectivity index (χ1) is 12.1. The second-order valence-electron chi connectivity index (χ2n) is 7.42. The Balaban J connectivity index is 1.34. The predicted molar refractivity (Wildman–Crippen MR) is 97.5 cm³/mol. The summed E-state index contributed by atoms with van der Waals surface area (Å²) in [4.78, 5) is 27.0. The van der Waals surface area contributed by atoms with Crippen molar-refractivity contribution < 1.29 is 9.59 Å². The summed E-state index contributed by atoms with van der Waals surface area (Å²) in [5.41, 5.74) is 0.714. The molecule has 0 unspecified atom stereocenters. The Labute approximate surface area is 153 Å². The van der Waals surface area contributed by atoms with Gasteiger partial charge in [-0.3, -0.25) is 9.59 Å². The summed E-state index contributed by atoms with van der Waals surface area (Å²) < 4.78 is 3.84. The number of nitrogens with zero attached hydrogens (tertiary/aromatic N) is 3. The maximum absolute atomic E-state index is 12.5. The number of hydrogen-bond donors (Lipinski definition) is 1. The summed E-state index contributed by atoms with van der Waals surface area (Å²) in [5, 5.41) is 7.01. The van der Waals surface area contributed by atoms with Crippen molar-refractivity contribution >= 4 is 23.3 Å². The van der Waals surface area contributed by atoms with E-state index in [0.29, 0.717) is 22.9 Å². The molecule has 1 aromatic rings. The standard InChI is InChI=1S/C18H28N4O2S/c1-13-17(25-21-20-13)18(24)22-10-8-15(9-11-22)12-19-16(23)7-6-14-4-2-3-5-14/h14-15H,2-12H2,1H3,(H,19,23). The SMILES string of the molecule is Cc1nnsc1C(=O)N1CCC(CNC(=O)CCC2CCCC2)CC1. The van der Waals surface area contributed by atoms with Gasteiger partial charge >= 0.3 is 0 Å². The first-order valence-electron chi connectivity index (χ1n) is 9.48. The van der Waals surface area contributed by atoms with Crippen molar-refractivity contribution in [1.82, 2.24) is 19.8 Å². The first-order valence-corrected chi connectivity index (χ1v) is 10.3. The molecule has 6 nitrogen and oxygen atoms in total. The molecule has 1 N–H and O–H groups in total. The number of aromatic nitrogens is 2. The van der Waals surface area contributed by atoms with Gasteiger partial charge in [-0.1, -0.05) is 30.2 Å². The zero-order chi connectivity index (χ0) is 17.6. The number of nitrogens with one attached hydrogen (secondary N) is 1. The molecule has 0 aromatic carbocycles. The minimum Gasteiger partial charge on any atom is -0.356 e. The molecule has 2 aliphatic rings. The van der Waals surface area contributed by atoms with E-state index in [1.165, 1.54) is 37.2 Å². The average molecular weight is 365 g/mol. The summed E-state index contributed by atoms with van der Waals surface area (Å²) in [7, 11) is 0. The topological polar surface area (TPSA) is 75.2 Å². The van der Waals surface area contributed by atoms with E-state index in [2.05, 4.69) is 14.9 Å². The predicted octanol–water partition coefficient (Wildman–Crippen LogP) is 2.79. The lowest BCUT2D eigenvalue weighted by Gasteiger charge is -2.31. The fourth-order valence-corrected chi connectivity index (χ4v) is 4.52. The molecule has 7 heteroatoms. The van der Waals surface area contributed by atoms with Crippen LogP contribution in [0.1, 0.15) is 66.7 Å². The third-order valence-corrected chi connectivity index (χ3v) is 6.41. The van der Waals surface area contributed by atoms with Crippen molar-refractivity contribution in [2.75, 3.05) is 19.6 Å². The van der Waals surface area contributed by atoms with Crippen molar-refractivity contribution in [3.05, 3.63) is 10.6 Å². The smallest absolute Gasteiger partial charge is 0.267 e. The lowest BCUT2D eigenvalue weighted by Crippen LogP contribution is -2.41. The van der Waals surface area contributed by atoms with E-state index in [1.54, 1.807) is 0 Å². The molecule has 0 bridgehead atoms. The Kier molecular flexibility index (Phi) is 6.39. The van der Waals surface area contributed by atoms with E-state index in [-0.39, 0.29) is 11.8 Å². The quantitative estimate of drug-likeness (QED) is 0.842. The van der Waals surface area contributed by atoms with Gasteiger partial charge < -0.3 is 10.2 Å². The molecule has 0 radical (unpaired) electrons. The average Bonchev–Trinajstić information content (AvgIpc) is 3.29. The van der Waals surface area contributed by atoms with Gasteiger partial charge in [-0.15, -0.1) is 5.10 Å². The van der Waals surface area contributed by atoms with Gasteiger partial charge in [-0.05, 0) is 49.6 Å². The van der Waals surface area contributed by atoms with Crippen LogP contribution in [0.25, 0.3) is 0 Å². The Hall–Kier alpha value is -1.50. The molecule has 1 saturated heterocycles. The van der Waals surface area contributed by atoms with Gasteiger partial charge in [0.2, 0.25) is 5.91 Å². The minimum atomic E-state index is 0.0477. The highest BCUT2D eigenvalue weighted by molar-refractivity contribution is 7.07. The van der Waals surface area contributed by atoms with Gasteiger partial charge in [0.1, 0.15) is 4.88 Å². The molecule has 1 aliphatic heterocycles. The zero-order valence-corrected chi connectivity index (χ0v) is 15.8. The molecule has 0 atom stereocenters. The van der Waals surface area contributed by atoms with Gasteiger partial charge in [0, 0.05) is 26.1 Å². The largest absolute Gasteiger partial charge is 0.356 e. The van der Waals surface area contributed by atoms with E-state index < -0.39 is 0 Å². The molecule has 138 valence electrons. The first kappa shape index (κ1) is 18.3. The maximum Gasteiger partial charge on any atom is 0.267 e. The van der Waals surface area contributed by atoms with Gasteiger partial charge in [0.25, 0.3) is 5.91 Å². The van der Waals surface area contributed by atoms with Crippen molar-refractivity contribution in [3.63, 3.8) is 0 Å². The monoisotopic (exact) mass is 364 g/mol. The van der Waals surface area contributed by atoms with Crippen molar-refractivity contribution in [3.8, 4) is 0 Å². The fourth-order valence-electron chi connectivity index (χ4n) is 3.89. The summed E-state index contributed by atoms with van der Waals surface area (Å²) in [6.07, 6.45) is 8.87. The van der Waals surface area contributed by atoms with Crippen LogP contribution in [0, 0.1) is 18.8 Å². The van der Waals surface area contributed by atoms with E-state index >= 15 is 0 Å². The van der Waals surface area contributed by atoms with Crippen molar-refractivity contribution in [1.29, 1.82) is 0 Å². The Morgan fingerprint density at radius 2 is 1.88 bits per heavy atom. The number of rotatable bonds is 6. The fraction of sp³-hybridized carbons (Fsp3) is 0.778. The number of likely N-dealkylation sites (tertiary alicyclic amines) is 1. The molecule has 2 amide bonds. The molecule has 25 heavy (non-hydrogen) atoms. The van der Waals surface area contributed by atoms with Crippen LogP contribution in [-0.2, 0) is 4.79 Å². The maximum atomic E-state index is 12.5. The Morgan fingerprint density at radius 1 is 1.16 bits per heavy atom. The molecule has 1 saturated carbocycles. The molecule has 2 fully saturated rings. The van der Waals surface area contributed by atoms with E-state index in [0.717, 1.165) is 44.8 Å². The summed E-state index contributed by atoms with van der Waals surface area (Å²) >= 11 is 1.17. The van der Waals surface area contributed by atoms with Crippen molar-refractivity contribution in [2.24, 2.45) is 11.8 Å². The third kappa shape index (κ3) is 5.00. The molecular weight excluding hydrogens is 336 g/mol. The molecule has 1 aliphatic carbocycles. The van der Waals surface area contributed by atoms with Crippen LogP contribution < -0.4 is 5.32 Å². The third-order valence-electron chi connectivity index (χ3n) is 5.59. The zero-order valence-electron chi connectivity index (χ0n) is 15.0. The number of piperidine rings is 1. The summed E-state index contributed by atoms with van der Waals surface area (Å²) in [6, 6.07) is 0. The summed E-state index contributed by atoms with van der Waals surface area (Å²) in [6.45, 7) is 4.06. The van der Waals surface area contributed by atoms with Gasteiger partial charge in [0.15, 0.2) is 0 Å². The van der Waals surface area contributed by atoms with Crippen LogP contribution >= 0.6 is 11.5 Å². The molecule has 1 aromatic heterocycles. The number of hydrogen-bond acceptors (Lipinski definition) is 5. The highest BCUT2D eigenvalue weighted by Crippen LogP contribution is 2.28. The lowest BCUT2D eigenvalue weighted by atomic mass is 9.96. The Morgan fingerprint density at radius 3 is 2.52 bits per heavy atom. The van der Waals surface area contributed by atoms with Gasteiger partial charge in [0.05, 0.1) is 5.69 Å². The number of aryl methyl sites for hydroxylation is 1. The normalized spacial score (nSPS) is 19.3. The van der Waals surface area contributed by atoms with E-state index in [9.17, 15) is 9.59 Å². The van der Waals surface area contributed by atoms with Gasteiger partial charge in [-0.2, -0.15) is 0 Å². The summed E-state index contributed by atoms with van der Waals surface area (Å²) in [5.74, 6) is 1.48. The molecule has 0 spiro atoms. The molecule has 2 heterocycles. The lowest BCUT2D eigenvalue weighted by molar-refractivity contribution is -0.121. The second kappa shape index (κ2) is 8.74. The van der Waals surface area contributed by atoms with Crippen LogP contribution in [0.2, 0.25) is 0 Å².